The molecule has 2 fully saturated rings. The molecule has 0 radical (unpaired) electrons. The number of hydrogen-bond acceptors (Lipinski definition) is 4. The number of thioether (sulfide) groups is 1. The summed E-state index contributed by atoms with van der Waals surface area (Å²) >= 11 is 1.45. The Labute approximate surface area is 176 Å². The van der Waals surface area contributed by atoms with Crippen molar-refractivity contribution in [2.45, 2.75) is 69.7 Å². The summed E-state index contributed by atoms with van der Waals surface area (Å²) in [5.41, 5.74) is 1.82. The fourth-order valence-corrected chi connectivity index (χ4v) is 5.55. The van der Waals surface area contributed by atoms with Crippen LogP contribution in [-0.2, 0) is 16.1 Å². The summed E-state index contributed by atoms with van der Waals surface area (Å²) < 4.78 is 1.99. The summed E-state index contributed by atoms with van der Waals surface area (Å²) in [6.07, 6.45) is 5.49. The highest BCUT2D eigenvalue weighted by Gasteiger charge is 2.30. The zero-order valence-corrected chi connectivity index (χ0v) is 18.2. The molecule has 0 aliphatic carbocycles. The van der Waals surface area contributed by atoms with Gasteiger partial charge in [0.05, 0.1) is 16.8 Å². The highest BCUT2D eigenvalue weighted by atomic mass is 32.2. The van der Waals surface area contributed by atoms with E-state index in [9.17, 15) is 9.59 Å². The van der Waals surface area contributed by atoms with Crippen LogP contribution < -0.4 is 0 Å². The second-order valence-corrected chi connectivity index (χ2v) is 9.22. The molecule has 6 nitrogen and oxygen atoms in total. The van der Waals surface area contributed by atoms with Gasteiger partial charge in [-0.3, -0.25) is 9.59 Å². The van der Waals surface area contributed by atoms with Gasteiger partial charge in [-0.1, -0.05) is 23.9 Å². The first-order valence-electron chi connectivity index (χ1n) is 10.7. The molecule has 4 rings (SSSR count). The third-order valence-corrected chi connectivity index (χ3v) is 7.14. The number of nitrogens with zero attached hydrogens (tertiary/aromatic N) is 4. The number of benzene rings is 1. The highest BCUT2D eigenvalue weighted by Crippen LogP contribution is 2.27. The molecule has 7 heteroatoms. The lowest BCUT2D eigenvalue weighted by Crippen LogP contribution is -2.48. The first kappa shape index (κ1) is 20.3. The highest BCUT2D eigenvalue weighted by molar-refractivity contribution is 7.99. The molecule has 2 aliphatic heterocycles. The van der Waals surface area contributed by atoms with E-state index in [1.165, 1.54) is 18.2 Å². The molecule has 0 spiro atoms. The molecule has 0 bridgehead atoms. The average molecular weight is 415 g/mol. The fraction of sp³-hybridized carbons (Fsp3) is 0.591. The summed E-state index contributed by atoms with van der Waals surface area (Å²) in [6.45, 7) is 6.28. The van der Waals surface area contributed by atoms with Crippen LogP contribution in [-0.4, -0.2) is 62.1 Å². The van der Waals surface area contributed by atoms with Crippen LogP contribution in [0.5, 0.6) is 0 Å². The summed E-state index contributed by atoms with van der Waals surface area (Å²) in [5, 5.41) is 0.754. The second kappa shape index (κ2) is 8.78. The van der Waals surface area contributed by atoms with E-state index in [1.807, 2.05) is 38.6 Å². The number of imidazole rings is 1. The lowest BCUT2D eigenvalue weighted by molar-refractivity contribution is -0.138. The molecule has 2 saturated heterocycles. The molecule has 29 heavy (non-hydrogen) atoms. The molecular weight excluding hydrogens is 384 g/mol. The van der Waals surface area contributed by atoms with Crippen molar-refractivity contribution in [3.05, 3.63) is 24.3 Å². The van der Waals surface area contributed by atoms with Crippen molar-refractivity contribution in [2.75, 3.05) is 18.8 Å². The van der Waals surface area contributed by atoms with E-state index in [1.54, 1.807) is 0 Å². The summed E-state index contributed by atoms with van der Waals surface area (Å²) in [7, 11) is 0. The van der Waals surface area contributed by atoms with Crippen molar-refractivity contribution in [1.29, 1.82) is 0 Å². The Morgan fingerprint density at radius 3 is 2.45 bits per heavy atom. The minimum atomic E-state index is 0.139. The van der Waals surface area contributed by atoms with E-state index in [0.29, 0.717) is 5.75 Å². The van der Waals surface area contributed by atoms with Crippen LogP contribution in [0, 0.1) is 0 Å². The molecule has 0 saturated carbocycles. The Hall–Kier alpha value is -2.02. The lowest BCUT2D eigenvalue weighted by Gasteiger charge is -2.39. The van der Waals surface area contributed by atoms with Gasteiger partial charge in [-0.05, 0) is 58.1 Å². The van der Waals surface area contributed by atoms with Crippen molar-refractivity contribution in [3.8, 4) is 0 Å². The quantitative estimate of drug-likeness (QED) is 0.702. The fourth-order valence-electron chi connectivity index (χ4n) is 4.63. The zero-order valence-electron chi connectivity index (χ0n) is 17.3. The lowest BCUT2D eigenvalue weighted by atomic mass is 9.97. The number of likely N-dealkylation sites (tertiary alicyclic amines) is 2. The minimum absolute atomic E-state index is 0.139. The number of carbonyl (C=O) groups is 2. The SMILES string of the molecule is C[C@@H]1CCC[C@@H](C)N1C(=O)Cn1c(SCC(=O)N2CCCC2)nc2ccccc21. The van der Waals surface area contributed by atoms with E-state index in [4.69, 9.17) is 4.98 Å². The molecule has 156 valence electrons. The molecule has 1 aromatic carbocycles. The minimum Gasteiger partial charge on any atom is -0.342 e. The Kier molecular flexibility index (Phi) is 6.13. The zero-order chi connectivity index (χ0) is 20.4. The molecule has 2 atom stereocenters. The summed E-state index contributed by atoms with van der Waals surface area (Å²) in [5.74, 6) is 0.671. The van der Waals surface area contributed by atoms with Crippen molar-refractivity contribution >= 4 is 34.6 Å². The number of rotatable bonds is 5. The molecule has 3 heterocycles. The first-order valence-corrected chi connectivity index (χ1v) is 11.7. The topological polar surface area (TPSA) is 58.4 Å². The van der Waals surface area contributed by atoms with Crippen molar-refractivity contribution in [2.24, 2.45) is 0 Å². The van der Waals surface area contributed by atoms with Crippen LogP contribution in [0.3, 0.4) is 0 Å². The van der Waals surface area contributed by atoms with Gasteiger partial charge in [-0.15, -0.1) is 0 Å². The second-order valence-electron chi connectivity index (χ2n) is 8.28. The largest absolute Gasteiger partial charge is 0.342 e. The Balaban J connectivity index is 1.54. The number of piperidine rings is 1. The molecule has 0 N–H and O–H groups in total. The number of fused-ring (bicyclic) bond motifs is 1. The molecular formula is C22H30N4O2S. The number of amides is 2. The number of para-hydroxylation sites is 2. The van der Waals surface area contributed by atoms with Crippen LogP contribution in [0.25, 0.3) is 11.0 Å². The van der Waals surface area contributed by atoms with Gasteiger partial charge < -0.3 is 14.4 Å². The molecule has 2 aliphatic rings. The van der Waals surface area contributed by atoms with Gasteiger partial charge in [0, 0.05) is 25.2 Å². The number of hydrogen-bond donors (Lipinski definition) is 0. The first-order chi connectivity index (χ1) is 14.0. The van der Waals surface area contributed by atoms with Crippen molar-refractivity contribution in [3.63, 3.8) is 0 Å². The van der Waals surface area contributed by atoms with Gasteiger partial charge in [0.15, 0.2) is 5.16 Å². The summed E-state index contributed by atoms with van der Waals surface area (Å²) in [4.78, 5) is 34.4. The van der Waals surface area contributed by atoms with Gasteiger partial charge in [-0.25, -0.2) is 4.98 Å². The van der Waals surface area contributed by atoms with E-state index in [-0.39, 0.29) is 30.4 Å². The summed E-state index contributed by atoms with van der Waals surface area (Å²) in [6, 6.07) is 8.45. The molecule has 1 aromatic heterocycles. The molecule has 2 aromatic rings. The van der Waals surface area contributed by atoms with Crippen LogP contribution in [0.2, 0.25) is 0 Å². The van der Waals surface area contributed by atoms with Crippen LogP contribution in [0.4, 0.5) is 0 Å². The van der Waals surface area contributed by atoms with Gasteiger partial charge in [-0.2, -0.15) is 0 Å². The predicted molar refractivity (Wildman–Crippen MR) is 116 cm³/mol. The smallest absolute Gasteiger partial charge is 0.243 e. The third kappa shape index (κ3) is 4.29. The van der Waals surface area contributed by atoms with E-state index < -0.39 is 0 Å². The maximum Gasteiger partial charge on any atom is 0.243 e. The van der Waals surface area contributed by atoms with Crippen molar-refractivity contribution < 1.29 is 9.59 Å². The Bertz CT molecular complexity index is 880. The van der Waals surface area contributed by atoms with Crippen LogP contribution in [0.1, 0.15) is 46.0 Å². The van der Waals surface area contributed by atoms with E-state index >= 15 is 0 Å². The predicted octanol–water partition coefficient (Wildman–Crippen LogP) is 3.54. The van der Waals surface area contributed by atoms with Crippen molar-refractivity contribution in [1.82, 2.24) is 19.4 Å². The Morgan fingerprint density at radius 1 is 1.03 bits per heavy atom. The van der Waals surface area contributed by atoms with Crippen LogP contribution >= 0.6 is 11.8 Å². The third-order valence-electron chi connectivity index (χ3n) is 6.18. The van der Waals surface area contributed by atoms with E-state index in [2.05, 4.69) is 13.8 Å². The van der Waals surface area contributed by atoms with Gasteiger partial charge in [0.2, 0.25) is 11.8 Å². The van der Waals surface area contributed by atoms with Gasteiger partial charge >= 0.3 is 0 Å². The Morgan fingerprint density at radius 2 is 1.72 bits per heavy atom. The van der Waals surface area contributed by atoms with Gasteiger partial charge in [0.25, 0.3) is 0 Å². The average Bonchev–Trinajstić information content (AvgIpc) is 3.35. The van der Waals surface area contributed by atoms with E-state index in [0.717, 1.165) is 55.0 Å². The number of aromatic nitrogens is 2. The maximum absolute atomic E-state index is 13.2. The standard InChI is InChI=1S/C22H30N4O2S/c1-16-8-7-9-17(2)26(16)20(27)14-25-19-11-4-3-10-18(19)23-22(25)29-15-21(28)24-12-5-6-13-24/h3-4,10-11,16-17H,5-9,12-15H2,1-2H3/t16-,17-/m1/s1. The normalized spacial score (nSPS) is 22.4. The van der Waals surface area contributed by atoms with Gasteiger partial charge in [0.1, 0.15) is 6.54 Å². The number of carbonyl (C=O) groups excluding carboxylic acids is 2. The molecule has 0 unspecified atom stereocenters. The maximum atomic E-state index is 13.2. The monoisotopic (exact) mass is 414 g/mol. The van der Waals surface area contributed by atoms with Crippen LogP contribution in [0.15, 0.2) is 29.4 Å². The molecule has 2 amide bonds.